The number of rotatable bonds is 6. The van der Waals surface area contributed by atoms with E-state index in [-0.39, 0.29) is 17.3 Å². The molecular weight excluding hydrogens is 296 g/mol. The molecule has 2 aromatic carbocycles. The van der Waals surface area contributed by atoms with Gasteiger partial charge in [0, 0.05) is 11.8 Å². The molecular formula is C17H18N2O4. The highest BCUT2D eigenvalue weighted by Gasteiger charge is 2.16. The summed E-state index contributed by atoms with van der Waals surface area (Å²) in [5, 5.41) is 13.5. The number of benzene rings is 2. The standard InChI is InChI=1S/C17H18N2O4/c1-3-13-7-9-14(10-8-13)18-17(20)12(2)23-16-6-4-5-15(11-16)19(21)22/h4-12H,3H2,1-2H3,(H,18,20)/t12-/m0/s1. The Morgan fingerprint density at radius 1 is 1.26 bits per heavy atom. The molecule has 120 valence electrons. The number of ether oxygens (including phenoxy) is 1. The van der Waals surface area contributed by atoms with Crippen LogP contribution in [0.1, 0.15) is 19.4 Å². The third-order valence-corrected chi connectivity index (χ3v) is 3.34. The zero-order chi connectivity index (χ0) is 16.8. The van der Waals surface area contributed by atoms with Gasteiger partial charge in [0.25, 0.3) is 11.6 Å². The molecule has 0 aliphatic heterocycles. The first-order valence-electron chi connectivity index (χ1n) is 7.30. The van der Waals surface area contributed by atoms with Crippen molar-refractivity contribution in [1.29, 1.82) is 0 Å². The summed E-state index contributed by atoms with van der Waals surface area (Å²) in [5.41, 5.74) is 1.79. The Morgan fingerprint density at radius 3 is 2.57 bits per heavy atom. The highest BCUT2D eigenvalue weighted by atomic mass is 16.6. The molecule has 2 rings (SSSR count). The van der Waals surface area contributed by atoms with Gasteiger partial charge in [-0.25, -0.2) is 0 Å². The average molecular weight is 314 g/mol. The van der Waals surface area contributed by atoms with E-state index in [4.69, 9.17) is 4.74 Å². The molecule has 0 radical (unpaired) electrons. The SMILES string of the molecule is CCc1ccc(NC(=O)[C@H](C)Oc2cccc([N+](=O)[O-])c2)cc1. The quantitative estimate of drug-likeness (QED) is 0.653. The van der Waals surface area contributed by atoms with Crippen molar-refractivity contribution in [1.82, 2.24) is 0 Å². The average Bonchev–Trinajstić information content (AvgIpc) is 2.55. The lowest BCUT2D eigenvalue weighted by Crippen LogP contribution is -2.30. The van der Waals surface area contributed by atoms with E-state index in [1.54, 1.807) is 13.0 Å². The van der Waals surface area contributed by atoms with Gasteiger partial charge in [0.2, 0.25) is 0 Å². The molecule has 0 unspecified atom stereocenters. The minimum absolute atomic E-state index is 0.0785. The molecule has 6 nitrogen and oxygen atoms in total. The number of carbonyl (C=O) groups is 1. The predicted octanol–water partition coefficient (Wildman–Crippen LogP) is 3.56. The van der Waals surface area contributed by atoms with E-state index in [0.29, 0.717) is 5.69 Å². The van der Waals surface area contributed by atoms with Crippen molar-refractivity contribution in [2.45, 2.75) is 26.4 Å². The number of aryl methyl sites for hydroxylation is 1. The maximum absolute atomic E-state index is 12.1. The minimum atomic E-state index is -0.775. The Hall–Kier alpha value is -2.89. The van der Waals surface area contributed by atoms with Gasteiger partial charge in [0.05, 0.1) is 11.0 Å². The van der Waals surface area contributed by atoms with Crippen molar-refractivity contribution in [2.75, 3.05) is 5.32 Å². The van der Waals surface area contributed by atoms with Crippen LogP contribution in [0.2, 0.25) is 0 Å². The molecule has 0 aliphatic rings. The Kier molecular flexibility index (Phi) is 5.30. The zero-order valence-corrected chi connectivity index (χ0v) is 13.0. The number of hydrogen-bond acceptors (Lipinski definition) is 4. The summed E-state index contributed by atoms with van der Waals surface area (Å²) in [6, 6.07) is 13.3. The number of hydrogen-bond donors (Lipinski definition) is 1. The lowest BCUT2D eigenvalue weighted by atomic mass is 10.1. The molecule has 2 aromatic rings. The van der Waals surface area contributed by atoms with Gasteiger partial charge in [-0.15, -0.1) is 0 Å². The summed E-state index contributed by atoms with van der Waals surface area (Å²) in [4.78, 5) is 22.3. The van der Waals surface area contributed by atoms with Crippen molar-refractivity contribution in [3.8, 4) is 5.75 Å². The van der Waals surface area contributed by atoms with Crippen molar-refractivity contribution in [2.24, 2.45) is 0 Å². The second-order valence-corrected chi connectivity index (χ2v) is 5.05. The smallest absolute Gasteiger partial charge is 0.273 e. The summed E-state index contributed by atoms with van der Waals surface area (Å²) >= 11 is 0. The molecule has 1 atom stereocenters. The highest BCUT2D eigenvalue weighted by molar-refractivity contribution is 5.94. The lowest BCUT2D eigenvalue weighted by Gasteiger charge is -2.14. The number of nitrogens with one attached hydrogen (secondary N) is 1. The third kappa shape index (κ3) is 4.54. The first-order chi connectivity index (χ1) is 11.0. The zero-order valence-electron chi connectivity index (χ0n) is 13.0. The van der Waals surface area contributed by atoms with Crippen LogP contribution in [-0.2, 0) is 11.2 Å². The maximum atomic E-state index is 12.1. The molecule has 1 amide bonds. The van der Waals surface area contributed by atoms with Gasteiger partial charge in [-0.1, -0.05) is 25.1 Å². The predicted molar refractivity (Wildman–Crippen MR) is 87.6 cm³/mol. The number of nitro benzene ring substituents is 1. The summed E-state index contributed by atoms with van der Waals surface area (Å²) < 4.78 is 5.47. The van der Waals surface area contributed by atoms with Gasteiger partial charge in [0.1, 0.15) is 5.75 Å². The second-order valence-electron chi connectivity index (χ2n) is 5.05. The van der Waals surface area contributed by atoms with Crippen molar-refractivity contribution < 1.29 is 14.5 Å². The third-order valence-electron chi connectivity index (χ3n) is 3.34. The van der Waals surface area contributed by atoms with E-state index >= 15 is 0 Å². The Morgan fingerprint density at radius 2 is 1.96 bits per heavy atom. The van der Waals surface area contributed by atoms with E-state index in [9.17, 15) is 14.9 Å². The van der Waals surface area contributed by atoms with Crippen LogP contribution in [0.25, 0.3) is 0 Å². The largest absolute Gasteiger partial charge is 0.481 e. The van der Waals surface area contributed by atoms with Crippen LogP contribution in [0, 0.1) is 10.1 Å². The molecule has 0 saturated carbocycles. The fourth-order valence-electron chi connectivity index (χ4n) is 2.00. The van der Waals surface area contributed by atoms with Crippen LogP contribution in [0.5, 0.6) is 5.75 Å². The summed E-state index contributed by atoms with van der Waals surface area (Å²) in [5.74, 6) is -0.0380. The van der Waals surface area contributed by atoms with E-state index in [0.717, 1.165) is 6.42 Å². The number of nitro groups is 1. The Bertz CT molecular complexity index is 698. The molecule has 0 saturated heterocycles. The van der Waals surface area contributed by atoms with Gasteiger partial charge >= 0.3 is 0 Å². The van der Waals surface area contributed by atoms with Crippen LogP contribution in [0.4, 0.5) is 11.4 Å². The normalized spacial score (nSPS) is 11.6. The minimum Gasteiger partial charge on any atom is -0.481 e. The molecule has 0 aromatic heterocycles. The van der Waals surface area contributed by atoms with Gasteiger partial charge < -0.3 is 10.1 Å². The van der Waals surface area contributed by atoms with Gasteiger partial charge in [0.15, 0.2) is 6.10 Å². The number of carbonyl (C=O) groups excluding carboxylic acids is 1. The highest BCUT2D eigenvalue weighted by Crippen LogP contribution is 2.20. The first-order valence-corrected chi connectivity index (χ1v) is 7.30. The summed E-state index contributed by atoms with van der Waals surface area (Å²) in [6.45, 7) is 3.65. The molecule has 6 heteroatoms. The summed E-state index contributed by atoms with van der Waals surface area (Å²) in [6.07, 6.45) is 0.156. The fraction of sp³-hybridized carbons (Fsp3) is 0.235. The lowest BCUT2D eigenvalue weighted by molar-refractivity contribution is -0.384. The van der Waals surface area contributed by atoms with E-state index in [1.165, 1.54) is 23.8 Å². The van der Waals surface area contributed by atoms with Crippen LogP contribution < -0.4 is 10.1 Å². The van der Waals surface area contributed by atoms with Crippen LogP contribution in [0.3, 0.4) is 0 Å². The number of anilines is 1. The number of amides is 1. The van der Waals surface area contributed by atoms with E-state index in [1.807, 2.05) is 24.3 Å². The topological polar surface area (TPSA) is 81.5 Å². The molecule has 0 heterocycles. The molecule has 0 fully saturated rings. The second kappa shape index (κ2) is 7.40. The maximum Gasteiger partial charge on any atom is 0.273 e. The summed E-state index contributed by atoms with van der Waals surface area (Å²) in [7, 11) is 0. The monoisotopic (exact) mass is 314 g/mol. The molecule has 0 bridgehead atoms. The van der Waals surface area contributed by atoms with E-state index < -0.39 is 11.0 Å². The van der Waals surface area contributed by atoms with Crippen LogP contribution in [0.15, 0.2) is 48.5 Å². The molecule has 1 N–H and O–H groups in total. The van der Waals surface area contributed by atoms with Crippen molar-refractivity contribution in [3.05, 3.63) is 64.2 Å². The van der Waals surface area contributed by atoms with Gasteiger partial charge in [-0.05, 0) is 37.1 Å². The molecule has 23 heavy (non-hydrogen) atoms. The Labute approximate surface area is 134 Å². The first kappa shape index (κ1) is 16.5. The van der Waals surface area contributed by atoms with Crippen molar-refractivity contribution >= 4 is 17.3 Å². The number of nitrogens with zero attached hydrogens (tertiary/aromatic N) is 1. The van der Waals surface area contributed by atoms with Crippen LogP contribution >= 0.6 is 0 Å². The fourth-order valence-corrected chi connectivity index (χ4v) is 2.00. The van der Waals surface area contributed by atoms with Gasteiger partial charge in [-0.3, -0.25) is 14.9 Å². The van der Waals surface area contributed by atoms with E-state index in [2.05, 4.69) is 12.2 Å². The van der Waals surface area contributed by atoms with Crippen LogP contribution in [-0.4, -0.2) is 16.9 Å². The number of non-ortho nitro benzene ring substituents is 1. The molecule has 0 spiro atoms. The van der Waals surface area contributed by atoms with Crippen molar-refractivity contribution in [3.63, 3.8) is 0 Å². The van der Waals surface area contributed by atoms with Gasteiger partial charge in [-0.2, -0.15) is 0 Å². The molecule has 0 aliphatic carbocycles. The Balaban J connectivity index is 1.99.